The fourth-order valence-electron chi connectivity index (χ4n) is 1.77. The van der Waals surface area contributed by atoms with E-state index in [1.54, 1.807) is 20.4 Å². The lowest BCUT2D eigenvalue weighted by Crippen LogP contribution is -1.98. The Kier molecular flexibility index (Phi) is 4.56. The Morgan fingerprint density at radius 3 is 2.53 bits per heavy atom. The maximum Gasteiger partial charge on any atom is 0.162 e. The summed E-state index contributed by atoms with van der Waals surface area (Å²) in [5.74, 6) is 1.45. The Bertz CT molecular complexity index is 550. The van der Waals surface area contributed by atoms with Gasteiger partial charge in [0.05, 0.1) is 7.11 Å². The van der Waals surface area contributed by atoms with E-state index in [2.05, 4.69) is 4.99 Å². The van der Waals surface area contributed by atoms with Crippen molar-refractivity contribution in [3.8, 4) is 11.5 Å². The molecule has 0 amide bonds. The Balaban J connectivity index is 2.15. The van der Waals surface area contributed by atoms with Gasteiger partial charge in [0, 0.05) is 13.3 Å². The lowest BCUT2D eigenvalue weighted by molar-refractivity contribution is 0.284. The summed E-state index contributed by atoms with van der Waals surface area (Å²) in [6, 6.07) is 15.8. The van der Waals surface area contributed by atoms with E-state index in [0.717, 1.165) is 22.6 Å². The number of hydrogen-bond acceptors (Lipinski definition) is 3. The molecule has 0 atom stereocenters. The number of rotatable bonds is 5. The van der Waals surface area contributed by atoms with Crippen LogP contribution in [0.2, 0.25) is 0 Å². The largest absolute Gasteiger partial charge is 0.493 e. The van der Waals surface area contributed by atoms with E-state index in [1.807, 2.05) is 48.5 Å². The van der Waals surface area contributed by atoms with Gasteiger partial charge in [-0.3, -0.25) is 4.99 Å². The smallest absolute Gasteiger partial charge is 0.162 e. The van der Waals surface area contributed by atoms with Crippen LogP contribution in [-0.4, -0.2) is 20.4 Å². The van der Waals surface area contributed by atoms with E-state index in [-0.39, 0.29) is 0 Å². The van der Waals surface area contributed by atoms with Gasteiger partial charge in [-0.2, -0.15) is 0 Å². The normalized spacial score (nSPS) is 10.6. The van der Waals surface area contributed by atoms with Gasteiger partial charge in [-0.25, -0.2) is 0 Å². The molecule has 3 nitrogen and oxygen atoms in total. The maximum atomic E-state index is 5.81. The fourth-order valence-corrected chi connectivity index (χ4v) is 1.77. The fraction of sp³-hybridized carbons (Fsp3) is 0.188. The molecule has 0 aromatic heterocycles. The quantitative estimate of drug-likeness (QED) is 0.767. The third-order valence-electron chi connectivity index (χ3n) is 2.70. The van der Waals surface area contributed by atoms with Crippen molar-refractivity contribution in [1.82, 2.24) is 0 Å². The van der Waals surface area contributed by atoms with Gasteiger partial charge in [0.15, 0.2) is 11.5 Å². The molecule has 0 unspecified atom stereocenters. The van der Waals surface area contributed by atoms with Crippen molar-refractivity contribution in [3.05, 3.63) is 59.7 Å². The van der Waals surface area contributed by atoms with Gasteiger partial charge < -0.3 is 9.47 Å². The van der Waals surface area contributed by atoms with Gasteiger partial charge in [0.1, 0.15) is 6.61 Å². The zero-order valence-corrected chi connectivity index (χ0v) is 11.2. The second kappa shape index (κ2) is 6.59. The topological polar surface area (TPSA) is 30.8 Å². The van der Waals surface area contributed by atoms with Crippen LogP contribution in [0, 0.1) is 0 Å². The monoisotopic (exact) mass is 255 g/mol. The Morgan fingerprint density at radius 1 is 1.05 bits per heavy atom. The predicted molar refractivity (Wildman–Crippen MR) is 77.3 cm³/mol. The predicted octanol–water partition coefficient (Wildman–Crippen LogP) is 3.32. The highest BCUT2D eigenvalue weighted by molar-refractivity contribution is 5.80. The molecule has 0 heterocycles. The Morgan fingerprint density at radius 2 is 1.84 bits per heavy atom. The maximum absolute atomic E-state index is 5.81. The highest BCUT2D eigenvalue weighted by Crippen LogP contribution is 2.28. The zero-order valence-electron chi connectivity index (χ0n) is 11.2. The summed E-state index contributed by atoms with van der Waals surface area (Å²) in [6.45, 7) is 0.518. The summed E-state index contributed by atoms with van der Waals surface area (Å²) in [5.41, 5.74) is 2.12. The molecule has 2 aromatic rings. The van der Waals surface area contributed by atoms with Gasteiger partial charge in [-0.15, -0.1) is 0 Å². The summed E-state index contributed by atoms with van der Waals surface area (Å²) < 4.78 is 11.1. The molecule has 19 heavy (non-hydrogen) atoms. The first-order valence-electron chi connectivity index (χ1n) is 6.10. The molecule has 98 valence electrons. The number of ether oxygens (including phenoxy) is 2. The highest BCUT2D eigenvalue weighted by atomic mass is 16.5. The molecule has 0 aliphatic heterocycles. The van der Waals surface area contributed by atoms with Gasteiger partial charge >= 0.3 is 0 Å². The van der Waals surface area contributed by atoms with E-state index in [1.165, 1.54) is 0 Å². The van der Waals surface area contributed by atoms with Crippen molar-refractivity contribution in [2.45, 2.75) is 6.61 Å². The molecular formula is C16H17NO2. The molecule has 2 aromatic carbocycles. The van der Waals surface area contributed by atoms with Gasteiger partial charge in [0.25, 0.3) is 0 Å². The molecule has 0 N–H and O–H groups in total. The Hall–Kier alpha value is -2.29. The van der Waals surface area contributed by atoms with Crippen molar-refractivity contribution >= 4 is 6.21 Å². The van der Waals surface area contributed by atoms with E-state index >= 15 is 0 Å². The van der Waals surface area contributed by atoms with Crippen LogP contribution in [0.3, 0.4) is 0 Å². The first-order valence-corrected chi connectivity index (χ1v) is 6.10. The van der Waals surface area contributed by atoms with Crippen LogP contribution in [0.1, 0.15) is 11.1 Å². The van der Waals surface area contributed by atoms with E-state index in [9.17, 15) is 0 Å². The number of benzene rings is 2. The third kappa shape index (κ3) is 3.58. The van der Waals surface area contributed by atoms with Crippen molar-refractivity contribution in [2.24, 2.45) is 4.99 Å². The standard InChI is InChI=1S/C16H17NO2/c1-17-11-14-8-9-15(18-2)16(10-14)19-12-13-6-4-3-5-7-13/h3-11H,12H2,1-2H3. The lowest BCUT2D eigenvalue weighted by Gasteiger charge is -2.11. The summed E-state index contributed by atoms with van der Waals surface area (Å²) >= 11 is 0. The van der Waals surface area contributed by atoms with Crippen LogP contribution in [0.15, 0.2) is 53.5 Å². The molecule has 3 heteroatoms. The highest BCUT2D eigenvalue weighted by Gasteiger charge is 2.05. The third-order valence-corrected chi connectivity index (χ3v) is 2.70. The first kappa shape index (κ1) is 13.1. The van der Waals surface area contributed by atoms with Gasteiger partial charge in [0.2, 0.25) is 0 Å². The molecule has 0 spiro atoms. The number of nitrogens with zero attached hydrogens (tertiary/aromatic N) is 1. The lowest BCUT2D eigenvalue weighted by atomic mass is 10.2. The minimum absolute atomic E-state index is 0.518. The van der Waals surface area contributed by atoms with Crippen LogP contribution in [0.25, 0.3) is 0 Å². The average Bonchev–Trinajstić information content (AvgIpc) is 2.47. The van der Waals surface area contributed by atoms with Crippen LogP contribution in [0.5, 0.6) is 11.5 Å². The van der Waals surface area contributed by atoms with E-state index in [4.69, 9.17) is 9.47 Å². The molecule has 0 aliphatic carbocycles. The van der Waals surface area contributed by atoms with Crippen molar-refractivity contribution in [2.75, 3.05) is 14.2 Å². The van der Waals surface area contributed by atoms with Gasteiger partial charge in [-0.05, 0) is 29.3 Å². The minimum atomic E-state index is 0.518. The van der Waals surface area contributed by atoms with Crippen LogP contribution in [-0.2, 0) is 6.61 Å². The van der Waals surface area contributed by atoms with E-state index in [0.29, 0.717) is 6.61 Å². The molecule has 0 fully saturated rings. The van der Waals surface area contributed by atoms with E-state index < -0.39 is 0 Å². The summed E-state index contributed by atoms with van der Waals surface area (Å²) in [6.07, 6.45) is 1.79. The summed E-state index contributed by atoms with van der Waals surface area (Å²) in [4.78, 5) is 4.00. The van der Waals surface area contributed by atoms with Crippen LogP contribution >= 0.6 is 0 Å². The Labute approximate surface area is 113 Å². The number of aliphatic imine (C=N–C) groups is 1. The molecule has 0 bridgehead atoms. The van der Waals surface area contributed by atoms with Crippen molar-refractivity contribution in [1.29, 1.82) is 0 Å². The molecule has 0 radical (unpaired) electrons. The number of hydrogen-bond donors (Lipinski definition) is 0. The summed E-state index contributed by atoms with van der Waals surface area (Å²) in [5, 5.41) is 0. The average molecular weight is 255 g/mol. The molecular weight excluding hydrogens is 238 g/mol. The first-order chi connectivity index (χ1) is 9.33. The SMILES string of the molecule is CN=Cc1ccc(OC)c(OCc2ccccc2)c1. The zero-order chi connectivity index (χ0) is 13.5. The molecule has 0 saturated heterocycles. The summed E-state index contributed by atoms with van der Waals surface area (Å²) in [7, 11) is 3.38. The second-order valence-electron chi connectivity index (χ2n) is 4.07. The van der Waals surface area contributed by atoms with Crippen molar-refractivity contribution < 1.29 is 9.47 Å². The van der Waals surface area contributed by atoms with Gasteiger partial charge in [-0.1, -0.05) is 30.3 Å². The number of methoxy groups -OCH3 is 1. The minimum Gasteiger partial charge on any atom is -0.493 e. The van der Waals surface area contributed by atoms with Crippen molar-refractivity contribution in [3.63, 3.8) is 0 Å². The van der Waals surface area contributed by atoms with Crippen LogP contribution in [0.4, 0.5) is 0 Å². The molecule has 0 saturated carbocycles. The molecule has 2 rings (SSSR count). The second-order valence-corrected chi connectivity index (χ2v) is 4.07. The van der Waals surface area contributed by atoms with Crippen LogP contribution < -0.4 is 9.47 Å². The molecule has 0 aliphatic rings.